The molecule has 0 aliphatic heterocycles. The van der Waals surface area contributed by atoms with Crippen LogP contribution in [0.5, 0.6) is 0 Å². The minimum atomic E-state index is -4.57. The van der Waals surface area contributed by atoms with Crippen LogP contribution in [0.25, 0.3) is 11.1 Å². The number of carboxylic acids is 1. The predicted octanol–water partition coefficient (Wildman–Crippen LogP) is 1.70. The summed E-state index contributed by atoms with van der Waals surface area (Å²) in [5.41, 5.74) is -1.26. The molecule has 0 saturated heterocycles. The van der Waals surface area contributed by atoms with Gasteiger partial charge in [0.25, 0.3) is 0 Å². The van der Waals surface area contributed by atoms with Crippen molar-refractivity contribution >= 4 is 17.1 Å². The van der Waals surface area contributed by atoms with Gasteiger partial charge in [-0.15, -0.1) is 0 Å². The Balaban J connectivity index is 2.67. The molecule has 0 spiro atoms. The average Bonchev–Trinajstić information content (AvgIpc) is 2.53. The molecule has 2 aromatic rings. The molecular weight excluding hydrogens is 255 g/mol. The highest BCUT2D eigenvalue weighted by atomic mass is 19.4. The van der Waals surface area contributed by atoms with Crippen LogP contribution in [-0.4, -0.2) is 15.6 Å². The molecule has 1 N–H and O–H groups in total. The standard InChI is InChI=1S/C10H6F3NO4/c11-10(12,13)5-1-2-7-6(3-5)14(4-8(15)16)9(17)18-7/h1-3H,4H2,(H,15,16). The lowest BCUT2D eigenvalue weighted by Gasteiger charge is -2.06. The fraction of sp³-hybridized carbons (Fsp3) is 0.200. The highest BCUT2D eigenvalue weighted by Gasteiger charge is 2.31. The predicted molar refractivity (Wildman–Crippen MR) is 53.1 cm³/mol. The lowest BCUT2D eigenvalue weighted by Crippen LogP contribution is -2.19. The zero-order valence-corrected chi connectivity index (χ0v) is 8.69. The van der Waals surface area contributed by atoms with E-state index in [9.17, 15) is 22.8 Å². The number of hydrogen-bond donors (Lipinski definition) is 1. The maximum Gasteiger partial charge on any atom is 0.420 e. The van der Waals surface area contributed by atoms with Crippen molar-refractivity contribution < 1.29 is 27.5 Å². The van der Waals surface area contributed by atoms with Crippen molar-refractivity contribution in [3.05, 3.63) is 34.3 Å². The third-order valence-electron chi connectivity index (χ3n) is 2.29. The summed E-state index contributed by atoms with van der Waals surface area (Å²) in [5, 5.41) is 8.57. The maximum atomic E-state index is 12.5. The summed E-state index contributed by atoms with van der Waals surface area (Å²) in [6.07, 6.45) is -4.57. The third-order valence-corrected chi connectivity index (χ3v) is 2.29. The highest BCUT2D eigenvalue weighted by molar-refractivity contribution is 5.76. The number of benzene rings is 1. The van der Waals surface area contributed by atoms with E-state index in [4.69, 9.17) is 5.11 Å². The monoisotopic (exact) mass is 261 g/mol. The third kappa shape index (κ3) is 2.08. The Bertz CT molecular complexity index is 668. The number of carbonyl (C=O) groups is 1. The average molecular weight is 261 g/mol. The van der Waals surface area contributed by atoms with Gasteiger partial charge in [0.1, 0.15) is 6.54 Å². The minimum absolute atomic E-state index is 0.0887. The van der Waals surface area contributed by atoms with Crippen LogP contribution in [0, 0.1) is 0 Å². The van der Waals surface area contributed by atoms with Crippen LogP contribution in [0.15, 0.2) is 27.4 Å². The van der Waals surface area contributed by atoms with Gasteiger partial charge in [-0.25, -0.2) is 4.79 Å². The first-order valence-corrected chi connectivity index (χ1v) is 4.71. The summed E-state index contributed by atoms with van der Waals surface area (Å²) in [6.45, 7) is -0.757. The van der Waals surface area contributed by atoms with Gasteiger partial charge in [0.15, 0.2) is 5.58 Å². The summed E-state index contributed by atoms with van der Waals surface area (Å²) in [6, 6.07) is 2.43. The zero-order valence-electron chi connectivity index (χ0n) is 8.69. The van der Waals surface area contributed by atoms with Gasteiger partial charge in [0.05, 0.1) is 11.1 Å². The van der Waals surface area contributed by atoms with Crippen molar-refractivity contribution in [2.24, 2.45) is 0 Å². The van der Waals surface area contributed by atoms with E-state index in [0.29, 0.717) is 10.6 Å². The number of rotatable bonds is 2. The van der Waals surface area contributed by atoms with Crippen LogP contribution in [0.1, 0.15) is 5.56 Å². The van der Waals surface area contributed by atoms with E-state index in [1.165, 1.54) is 0 Å². The number of alkyl halides is 3. The number of aliphatic carboxylic acids is 1. The number of halogens is 3. The van der Waals surface area contributed by atoms with Crippen molar-refractivity contribution in [1.29, 1.82) is 0 Å². The normalized spacial score (nSPS) is 11.9. The van der Waals surface area contributed by atoms with Crippen molar-refractivity contribution in [2.45, 2.75) is 12.7 Å². The second-order valence-corrected chi connectivity index (χ2v) is 3.53. The van der Waals surface area contributed by atoms with Gasteiger partial charge in [0, 0.05) is 0 Å². The molecule has 1 heterocycles. The number of hydrogen-bond acceptors (Lipinski definition) is 3. The first-order valence-electron chi connectivity index (χ1n) is 4.71. The molecule has 0 unspecified atom stereocenters. The molecule has 0 radical (unpaired) electrons. The highest BCUT2D eigenvalue weighted by Crippen LogP contribution is 2.31. The van der Waals surface area contributed by atoms with Crippen molar-refractivity contribution in [3.63, 3.8) is 0 Å². The molecule has 0 fully saturated rings. The number of nitrogens with zero attached hydrogens (tertiary/aromatic N) is 1. The largest absolute Gasteiger partial charge is 0.480 e. The molecule has 5 nitrogen and oxygen atoms in total. The Morgan fingerprint density at radius 1 is 1.39 bits per heavy atom. The second kappa shape index (κ2) is 3.90. The number of aromatic nitrogens is 1. The summed E-state index contributed by atoms with van der Waals surface area (Å²) < 4.78 is 42.7. The number of carboxylic acid groups (broad SMARTS) is 1. The van der Waals surface area contributed by atoms with Crippen LogP contribution in [-0.2, 0) is 17.5 Å². The van der Waals surface area contributed by atoms with Crippen LogP contribution in [0.2, 0.25) is 0 Å². The van der Waals surface area contributed by atoms with E-state index in [2.05, 4.69) is 4.42 Å². The smallest absolute Gasteiger partial charge is 0.420 e. The van der Waals surface area contributed by atoms with Gasteiger partial charge in [-0.2, -0.15) is 13.2 Å². The fourth-order valence-corrected chi connectivity index (χ4v) is 1.52. The lowest BCUT2D eigenvalue weighted by molar-refractivity contribution is -0.138. The quantitative estimate of drug-likeness (QED) is 0.892. The van der Waals surface area contributed by atoms with Gasteiger partial charge in [-0.3, -0.25) is 9.36 Å². The molecule has 96 valence electrons. The van der Waals surface area contributed by atoms with E-state index in [1.54, 1.807) is 0 Å². The van der Waals surface area contributed by atoms with Crippen molar-refractivity contribution in [1.82, 2.24) is 4.57 Å². The van der Waals surface area contributed by atoms with Crippen LogP contribution in [0.3, 0.4) is 0 Å². The first-order chi connectivity index (χ1) is 8.29. The van der Waals surface area contributed by atoms with Gasteiger partial charge < -0.3 is 9.52 Å². The van der Waals surface area contributed by atoms with E-state index in [1.807, 2.05) is 0 Å². The molecule has 0 bridgehead atoms. The topological polar surface area (TPSA) is 72.4 Å². The van der Waals surface area contributed by atoms with Gasteiger partial charge in [-0.1, -0.05) is 0 Å². The van der Waals surface area contributed by atoms with Crippen LogP contribution < -0.4 is 5.76 Å². The Morgan fingerprint density at radius 2 is 2.06 bits per heavy atom. The second-order valence-electron chi connectivity index (χ2n) is 3.53. The zero-order chi connectivity index (χ0) is 13.5. The SMILES string of the molecule is O=C(O)Cn1c(=O)oc2ccc(C(F)(F)F)cc21. The Hall–Kier alpha value is -2.25. The summed E-state index contributed by atoms with van der Waals surface area (Å²) in [4.78, 5) is 21.8. The molecule has 0 saturated carbocycles. The van der Waals surface area contributed by atoms with Crippen LogP contribution >= 0.6 is 0 Å². The summed E-state index contributed by atoms with van der Waals surface area (Å²) in [7, 11) is 0. The fourth-order valence-electron chi connectivity index (χ4n) is 1.52. The Morgan fingerprint density at radius 3 is 2.61 bits per heavy atom. The van der Waals surface area contributed by atoms with Crippen molar-refractivity contribution in [3.8, 4) is 0 Å². The van der Waals surface area contributed by atoms with Crippen LogP contribution in [0.4, 0.5) is 13.2 Å². The van der Waals surface area contributed by atoms with Gasteiger partial charge in [-0.05, 0) is 18.2 Å². The molecular formula is C10H6F3NO4. The molecule has 2 rings (SSSR count). The van der Waals surface area contributed by atoms with E-state index in [-0.39, 0.29) is 11.1 Å². The molecule has 8 heteroatoms. The molecule has 1 aromatic heterocycles. The number of oxazole rings is 1. The summed E-state index contributed by atoms with van der Waals surface area (Å²) >= 11 is 0. The molecule has 1 aromatic carbocycles. The minimum Gasteiger partial charge on any atom is -0.480 e. The van der Waals surface area contributed by atoms with Crippen molar-refractivity contribution in [2.75, 3.05) is 0 Å². The summed E-state index contributed by atoms with van der Waals surface area (Å²) in [5.74, 6) is -2.36. The van der Waals surface area contributed by atoms with Gasteiger partial charge >= 0.3 is 17.9 Å². The van der Waals surface area contributed by atoms with Gasteiger partial charge in [0.2, 0.25) is 0 Å². The molecule has 0 amide bonds. The van der Waals surface area contributed by atoms with E-state index < -0.39 is 30.0 Å². The Kier molecular flexibility index (Phi) is 2.64. The van der Waals surface area contributed by atoms with E-state index >= 15 is 0 Å². The van der Waals surface area contributed by atoms with E-state index in [0.717, 1.165) is 12.1 Å². The lowest BCUT2D eigenvalue weighted by atomic mass is 10.2. The molecule has 18 heavy (non-hydrogen) atoms. The number of fused-ring (bicyclic) bond motifs is 1. The molecule has 0 aliphatic rings. The molecule has 0 atom stereocenters. The Labute approximate surface area is 97.0 Å². The first kappa shape index (κ1) is 12.2. The molecule has 0 aliphatic carbocycles. The maximum absolute atomic E-state index is 12.5.